The van der Waals surface area contributed by atoms with Crippen LogP contribution in [0.5, 0.6) is 0 Å². The van der Waals surface area contributed by atoms with Gasteiger partial charge in [-0.15, -0.1) is 12.6 Å². The van der Waals surface area contributed by atoms with E-state index in [0.29, 0.717) is 0 Å². The Balaban J connectivity index is 1.74. The highest BCUT2D eigenvalue weighted by Gasteiger charge is 2.23. The van der Waals surface area contributed by atoms with Crippen molar-refractivity contribution in [3.63, 3.8) is 0 Å². The molecule has 0 bridgehead atoms. The van der Waals surface area contributed by atoms with Gasteiger partial charge in [-0.05, 0) is 59.8 Å². The van der Waals surface area contributed by atoms with Crippen molar-refractivity contribution in [3.05, 3.63) is 210 Å². The van der Waals surface area contributed by atoms with Gasteiger partial charge in [-0.1, -0.05) is 170 Å². The van der Waals surface area contributed by atoms with Crippen molar-refractivity contribution >= 4 is 17.5 Å². The van der Waals surface area contributed by atoms with Crippen LogP contribution in [-0.4, -0.2) is 0 Å². The third-order valence-corrected chi connectivity index (χ3v) is 7.78. The largest absolute Gasteiger partial charge is 0.143 e. The molecular formula is C41H40S. The quantitative estimate of drug-likeness (QED) is 0.227. The zero-order valence-electron chi connectivity index (χ0n) is 24.6. The molecule has 2 unspecified atom stereocenters. The zero-order chi connectivity index (χ0) is 29.6. The molecule has 0 saturated heterocycles. The molecule has 0 fully saturated rings. The van der Waals surface area contributed by atoms with Gasteiger partial charge in [0.2, 0.25) is 0 Å². The summed E-state index contributed by atoms with van der Waals surface area (Å²) in [5.74, 6) is 0.270. The van der Waals surface area contributed by atoms with Crippen LogP contribution >= 0.6 is 12.6 Å². The van der Waals surface area contributed by atoms with Crippen molar-refractivity contribution in [3.8, 4) is 0 Å². The maximum Gasteiger partial charge on any atom is 0.0281 e. The van der Waals surface area contributed by atoms with E-state index in [1.54, 1.807) is 0 Å². The molecule has 2 aliphatic rings. The Hall–Kier alpha value is -4.33. The Kier molecular flexibility index (Phi) is 11.8. The third kappa shape index (κ3) is 8.35. The van der Waals surface area contributed by atoms with E-state index in [9.17, 15) is 0 Å². The van der Waals surface area contributed by atoms with Gasteiger partial charge in [0.15, 0.2) is 0 Å². The first kappa shape index (κ1) is 30.6. The second kappa shape index (κ2) is 16.2. The Labute approximate surface area is 258 Å². The summed E-state index contributed by atoms with van der Waals surface area (Å²) in [5.41, 5.74) is 8.67. The predicted octanol–water partition coefficient (Wildman–Crippen LogP) is 11.5. The summed E-state index contributed by atoms with van der Waals surface area (Å²) in [7, 11) is 0. The molecule has 2 aliphatic carbocycles. The first-order valence-electron chi connectivity index (χ1n) is 14.6. The van der Waals surface area contributed by atoms with Crippen LogP contribution in [0, 0.1) is 0 Å². The fourth-order valence-corrected chi connectivity index (χ4v) is 5.48. The maximum absolute atomic E-state index is 4.68. The van der Waals surface area contributed by atoms with Crippen molar-refractivity contribution in [2.45, 2.75) is 32.1 Å². The minimum absolute atomic E-state index is 0.0881. The Morgan fingerprint density at radius 2 is 1.67 bits per heavy atom. The molecule has 4 rings (SSSR count). The van der Waals surface area contributed by atoms with E-state index in [2.05, 4.69) is 167 Å². The van der Waals surface area contributed by atoms with E-state index < -0.39 is 0 Å². The number of fused-ring (bicyclic) bond motifs is 1. The smallest absolute Gasteiger partial charge is 0.0281 e. The summed E-state index contributed by atoms with van der Waals surface area (Å²) >= 11 is 4.68. The van der Waals surface area contributed by atoms with Gasteiger partial charge in [0.25, 0.3) is 0 Å². The summed E-state index contributed by atoms with van der Waals surface area (Å²) in [5, 5.41) is 0. The van der Waals surface area contributed by atoms with Crippen LogP contribution in [0.3, 0.4) is 0 Å². The van der Waals surface area contributed by atoms with Gasteiger partial charge in [0.05, 0.1) is 0 Å². The van der Waals surface area contributed by atoms with Gasteiger partial charge in [-0.25, -0.2) is 0 Å². The monoisotopic (exact) mass is 564 g/mol. The summed E-state index contributed by atoms with van der Waals surface area (Å²) in [6.07, 6.45) is 39.9. The SMILES string of the molecule is C=C/C=C(\C=C/C)C1C=C(\C=C/C(=C\C)/C=C/C=C(\S)c2ccccc2)C=CC(C2=CC=CC=CC2)c2ccccc21. The lowest BCUT2D eigenvalue weighted by Gasteiger charge is -2.27. The first-order valence-corrected chi connectivity index (χ1v) is 15.0. The van der Waals surface area contributed by atoms with Gasteiger partial charge in [-0.2, -0.15) is 0 Å². The van der Waals surface area contributed by atoms with Crippen LogP contribution in [0.2, 0.25) is 0 Å². The Morgan fingerprint density at radius 3 is 2.43 bits per heavy atom. The lowest BCUT2D eigenvalue weighted by molar-refractivity contribution is 0.888. The molecular weight excluding hydrogens is 525 g/mol. The molecule has 0 spiro atoms. The molecule has 0 heterocycles. The summed E-state index contributed by atoms with van der Waals surface area (Å²) in [6.45, 7) is 8.16. The molecule has 0 saturated carbocycles. The van der Waals surface area contributed by atoms with E-state index in [4.69, 9.17) is 0 Å². The molecule has 0 nitrogen and oxygen atoms in total. The number of allylic oxidation sites excluding steroid dienone is 22. The van der Waals surface area contributed by atoms with E-state index in [-0.39, 0.29) is 11.8 Å². The van der Waals surface area contributed by atoms with Crippen molar-refractivity contribution in [2.75, 3.05) is 0 Å². The molecule has 210 valence electrons. The van der Waals surface area contributed by atoms with E-state index in [1.165, 1.54) is 27.8 Å². The fraction of sp³-hybridized carbons (Fsp3) is 0.122. The van der Waals surface area contributed by atoms with Crippen LogP contribution in [0.4, 0.5) is 0 Å². The summed E-state index contributed by atoms with van der Waals surface area (Å²) < 4.78 is 0. The molecule has 0 aliphatic heterocycles. The number of thiol groups is 1. The zero-order valence-corrected chi connectivity index (χ0v) is 25.5. The topological polar surface area (TPSA) is 0 Å². The molecule has 0 aromatic heterocycles. The minimum Gasteiger partial charge on any atom is -0.143 e. The van der Waals surface area contributed by atoms with Gasteiger partial charge in [0.1, 0.15) is 0 Å². The van der Waals surface area contributed by atoms with Gasteiger partial charge in [-0.3, -0.25) is 0 Å². The van der Waals surface area contributed by atoms with Crippen LogP contribution in [0.15, 0.2) is 193 Å². The average Bonchev–Trinajstić information content (AvgIpc) is 3.30. The molecule has 2 aromatic rings. The standard InChI is InChI=1S/C41H40S/c1-4-17-34(18-5-2)40-31-33(28-27-32(6-3)19-16-26-41(42)36-22-12-9-13-23-36)29-30-37(35-20-10-7-8-11-21-35)38-24-14-15-25-39(38)40/h4-20,22-31,37,40,42H,1,21H2,2-3H3/b18-5-,19-16+,28-27-,30-29?,32-6-,33-31?,34-17+,41-26-. The van der Waals surface area contributed by atoms with Crippen molar-refractivity contribution < 1.29 is 0 Å². The Bertz CT molecular complexity index is 1570. The molecule has 2 aromatic carbocycles. The molecule has 2 atom stereocenters. The van der Waals surface area contributed by atoms with E-state index in [0.717, 1.165) is 22.5 Å². The van der Waals surface area contributed by atoms with Gasteiger partial charge < -0.3 is 0 Å². The van der Waals surface area contributed by atoms with Gasteiger partial charge >= 0.3 is 0 Å². The maximum atomic E-state index is 4.68. The number of rotatable bonds is 9. The highest BCUT2D eigenvalue weighted by Crippen LogP contribution is 2.40. The average molecular weight is 565 g/mol. The molecule has 0 N–H and O–H groups in total. The lowest BCUT2D eigenvalue weighted by Crippen LogP contribution is -2.10. The molecule has 0 amide bonds. The van der Waals surface area contributed by atoms with Crippen LogP contribution in [-0.2, 0) is 0 Å². The second-order valence-corrected chi connectivity index (χ2v) is 10.7. The van der Waals surface area contributed by atoms with Gasteiger partial charge in [0, 0.05) is 16.7 Å². The summed E-state index contributed by atoms with van der Waals surface area (Å²) in [6, 6.07) is 19.1. The van der Waals surface area contributed by atoms with E-state index >= 15 is 0 Å². The highest BCUT2D eigenvalue weighted by atomic mass is 32.1. The number of benzene rings is 2. The van der Waals surface area contributed by atoms with E-state index in [1.807, 2.05) is 30.4 Å². The first-order chi connectivity index (χ1) is 20.6. The van der Waals surface area contributed by atoms with Crippen molar-refractivity contribution in [2.24, 2.45) is 0 Å². The lowest BCUT2D eigenvalue weighted by atomic mass is 9.77. The van der Waals surface area contributed by atoms with Crippen molar-refractivity contribution in [1.29, 1.82) is 0 Å². The van der Waals surface area contributed by atoms with Crippen LogP contribution in [0.1, 0.15) is 48.8 Å². The number of hydrogen-bond donors (Lipinski definition) is 1. The molecule has 42 heavy (non-hydrogen) atoms. The number of hydrogen-bond acceptors (Lipinski definition) is 1. The van der Waals surface area contributed by atoms with Crippen LogP contribution < -0.4 is 0 Å². The highest BCUT2D eigenvalue weighted by molar-refractivity contribution is 7.90. The second-order valence-electron chi connectivity index (χ2n) is 10.2. The molecule has 0 radical (unpaired) electrons. The summed E-state index contributed by atoms with van der Waals surface area (Å²) in [4.78, 5) is 0.938. The Morgan fingerprint density at radius 1 is 0.881 bits per heavy atom. The molecule has 1 heteroatoms. The fourth-order valence-electron chi connectivity index (χ4n) is 5.25. The van der Waals surface area contributed by atoms with Crippen molar-refractivity contribution in [1.82, 2.24) is 0 Å². The normalized spacial score (nSPS) is 19.9. The minimum atomic E-state index is 0.0881. The third-order valence-electron chi connectivity index (χ3n) is 7.37. The van der Waals surface area contributed by atoms with Crippen LogP contribution in [0.25, 0.3) is 4.91 Å². The predicted molar refractivity (Wildman–Crippen MR) is 189 cm³/mol.